The van der Waals surface area contributed by atoms with Crippen molar-refractivity contribution < 1.29 is 4.74 Å². The summed E-state index contributed by atoms with van der Waals surface area (Å²) in [6.45, 7) is 8.48. The number of anilines is 2. The highest BCUT2D eigenvalue weighted by Crippen LogP contribution is 2.39. The first-order valence-corrected chi connectivity index (χ1v) is 11.0. The molecule has 0 saturated carbocycles. The Bertz CT molecular complexity index is 1450. The maximum Gasteiger partial charge on any atom is 0.154 e. The number of nitrogens with zero attached hydrogens (tertiary/aromatic N) is 3. The molecule has 0 aliphatic rings. The Balaban J connectivity index is 1.58. The van der Waals surface area contributed by atoms with Crippen LogP contribution in [0.25, 0.3) is 26.3 Å². The molecule has 31 heavy (non-hydrogen) atoms. The highest BCUT2D eigenvalue weighted by atomic mass is 32.1. The summed E-state index contributed by atoms with van der Waals surface area (Å²) in [6, 6.07) is 14.6. The summed E-state index contributed by atoms with van der Waals surface area (Å²) in [5.74, 6) is 1.71. The normalized spacial score (nSPS) is 11.4. The minimum absolute atomic E-state index is 0.782. The third-order valence-electron chi connectivity index (χ3n) is 5.97. The second kappa shape index (κ2) is 7.39. The Labute approximate surface area is 185 Å². The molecule has 2 aromatic carbocycles. The van der Waals surface area contributed by atoms with Crippen molar-refractivity contribution in [2.24, 2.45) is 0 Å². The average molecular weight is 429 g/mol. The number of hydrogen-bond acceptors (Lipinski definition) is 5. The van der Waals surface area contributed by atoms with Gasteiger partial charge in [0.05, 0.1) is 18.2 Å². The van der Waals surface area contributed by atoms with Crippen molar-refractivity contribution in [1.29, 1.82) is 0 Å². The van der Waals surface area contributed by atoms with E-state index in [-0.39, 0.29) is 0 Å². The number of methoxy groups -OCH3 is 1. The third kappa shape index (κ3) is 3.33. The number of hydrogen-bond donors (Lipinski definition) is 1. The number of thiophene rings is 1. The first-order chi connectivity index (χ1) is 14.9. The Kier molecular flexibility index (Phi) is 4.67. The summed E-state index contributed by atoms with van der Waals surface area (Å²) >= 11 is 1.73. The number of fused-ring (bicyclic) bond motifs is 2. The van der Waals surface area contributed by atoms with Gasteiger partial charge < -0.3 is 10.1 Å². The molecule has 6 heteroatoms. The van der Waals surface area contributed by atoms with Gasteiger partial charge in [-0.2, -0.15) is 0 Å². The van der Waals surface area contributed by atoms with E-state index < -0.39 is 0 Å². The standard InChI is InChI=1S/C25H24N4OS/c1-14-6-7-18(10-15(14)2)27-24-8-9-25-26-13-20(29(25)28-24)23-11-19-16(3)17(4)21(30-5)12-22(19)31-23/h6-13H,1-5H3,(H,27,28). The topological polar surface area (TPSA) is 51.5 Å². The van der Waals surface area contributed by atoms with Crippen molar-refractivity contribution in [3.8, 4) is 16.3 Å². The van der Waals surface area contributed by atoms with Gasteiger partial charge in [0, 0.05) is 10.4 Å². The summed E-state index contributed by atoms with van der Waals surface area (Å²) < 4.78 is 8.67. The first-order valence-electron chi connectivity index (χ1n) is 10.2. The Hall–Kier alpha value is -3.38. The molecule has 0 atom stereocenters. The van der Waals surface area contributed by atoms with Crippen molar-refractivity contribution in [1.82, 2.24) is 14.6 Å². The predicted molar refractivity (Wildman–Crippen MR) is 129 cm³/mol. The number of nitrogens with one attached hydrogen (secondary N) is 1. The van der Waals surface area contributed by atoms with Gasteiger partial charge in [0.15, 0.2) is 11.5 Å². The van der Waals surface area contributed by atoms with Crippen LogP contribution in [-0.4, -0.2) is 21.7 Å². The molecular formula is C25H24N4OS. The van der Waals surface area contributed by atoms with Crippen molar-refractivity contribution in [3.63, 3.8) is 0 Å². The van der Waals surface area contributed by atoms with Crippen LogP contribution in [0.5, 0.6) is 5.75 Å². The van der Waals surface area contributed by atoms with Crippen molar-refractivity contribution in [3.05, 3.63) is 70.9 Å². The van der Waals surface area contributed by atoms with Gasteiger partial charge in [0.1, 0.15) is 11.4 Å². The molecule has 1 N–H and O–H groups in total. The zero-order valence-electron chi connectivity index (χ0n) is 18.3. The lowest BCUT2D eigenvalue weighted by atomic mass is 10.0. The smallest absolute Gasteiger partial charge is 0.154 e. The molecule has 5 rings (SSSR count). The van der Waals surface area contributed by atoms with E-state index in [1.165, 1.54) is 32.3 Å². The molecular weight excluding hydrogens is 404 g/mol. The first kappa shape index (κ1) is 19.6. The fraction of sp³-hybridized carbons (Fsp3) is 0.200. The number of ether oxygens (including phenoxy) is 1. The van der Waals surface area contributed by atoms with E-state index in [9.17, 15) is 0 Å². The molecule has 5 nitrogen and oxygen atoms in total. The Morgan fingerprint density at radius 1 is 0.935 bits per heavy atom. The summed E-state index contributed by atoms with van der Waals surface area (Å²) in [4.78, 5) is 5.70. The lowest BCUT2D eigenvalue weighted by Crippen LogP contribution is -2.00. The van der Waals surface area contributed by atoms with Crippen LogP contribution in [0.3, 0.4) is 0 Å². The van der Waals surface area contributed by atoms with Crippen LogP contribution in [0.4, 0.5) is 11.5 Å². The molecule has 0 spiro atoms. The van der Waals surface area contributed by atoms with Gasteiger partial charge in [-0.25, -0.2) is 9.50 Å². The van der Waals surface area contributed by atoms with E-state index in [2.05, 4.69) is 68.3 Å². The zero-order valence-corrected chi connectivity index (χ0v) is 19.1. The third-order valence-corrected chi connectivity index (χ3v) is 7.08. The van der Waals surface area contributed by atoms with Gasteiger partial charge in [0.2, 0.25) is 0 Å². The maximum atomic E-state index is 5.56. The van der Waals surface area contributed by atoms with Crippen LogP contribution < -0.4 is 10.1 Å². The highest BCUT2D eigenvalue weighted by Gasteiger charge is 2.15. The van der Waals surface area contributed by atoms with E-state index >= 15 is 0 Å². The van der Waals surface area contributed by atoms with Crippen LogP contribution in [0.1, 0.15) is 22.3 Å². The molecule has 3 heterocycles. The Morgan fingerprint density at radius 2 is 1.77 bits per heavy atom. The molecule has 5 aromatic rings. The summed E-state index contributed by atoms with van der Waals surface area (Å²) in [7, 11) is 1.72. The van der Waals surface area contributed by atoms with Gasteiger partial charge in [-0.3, -0.25) is 0 Å². The van der Waals surface area contributed by atoms with Crippen LogP contribution >= 0.6 is 11.3 Å². The molecule has 0 saturated heterocycles. The van der Waals surface area contributed by atoms with Crippen LogP contribution in [0, 0.1) is 27.7 Å². The van der Waals surface area contributed by atoms with Crippen molar-refractivity contribution in [2.75, 3.05) is 12.4 Å². The maximum absolute atomic E-state index is 5.56. The number of rotatable bonds is 4. The van der Waals surface area contributed by atoms with Crippen LogP contribution in [0.15, 0.2) is 48.7 Å². The molecule has 0 amide bonds. The average Bonchev–Trinajstić information content (AvgIpc) is 3.37. The largest absolute Gasteiger partial charge is 0.496 e. The molecule has 3 aromatic heterocycles. The lowest BCUT2D eigenvalue weighted by molar-refractivity contribution is 0.412. The molecule has 0 fully saturated rings. The highest BCUT2D eigenvalue weighted by molar-refractivity contribution is 7.22. The van der Waals surface area contributed by atoms with E-state index in [1.54, 1.807) is 18.4 Å². The van der Waals surface area contributed by atoms with Gasteiger partial charge in [0.25, 0.3) is 0 Å². The van der Waals surface area contributed by atoms with Crippen LogP contribution in [0.2, 0.25) is 0 Å². The molecule has 0 unspecified atom stereocenters. The second-order valence-corrected chi connectivity index (χ2v) is 8.99. The zero-order chi connectivity index (χ0) is 21.7. The Morgan fingerprint density at radius 3 is 2.55 bits per heavy atom. The van der Waals surface area contributed by atoms with Crippen LogP contribution in [-0.2, 0) is 0 Å². The SMILES string of the molecule is COc1cc2sc(-c3cnc4ccc(Nc5ccc(C)c(C)c5)nn34)cc2c(C)c1C. The lowest BCUT2D eigenvalue weighted by Gasteiger charge is -2.08. The quantitative estimate of drug-likeness (QED) is 0.350. The van der Waals surface area contributed by atoms with Gasteiger partial charge in [-0.05, 0) is 91.7 Å². The predicted octanol–water partition coefficient (Wildman–Crippen LogP) is 6.60. The van der Waals surface area contributed by atoms with E-state index in [0.29, 0.717) is 0 Å². The molecule has 0 aliphatic carbocycles. The van der Waals surface area contributed by atoms with E-state index in [4.69, 9.17) is 9.84 Å². The molecule has 0 aliphatic heterocycles. The minimum atomic E-state index is 0.782. The van der Waals surface area contributed by atoms with E-state index in [0.717, 1.165) is 33.5 Å². The summed E-state index contributed by atoms with van der Waals surface area (Å²) in [6.07, 6.45) is 1.90. The number of imidazole rings is 1. The number of aromatic nitrogens is 3. The summed E-state index contributed by atoms with van der Waals surface area (Å²) in [5, 5.41) is 9.49. The fourth-order valence-corrected chi connectivity index (χ4v) is 4.98. The monoisotopic (exact) mass is 428 g/mol. The van der Waals surface area contributed by atoms with Gasteiger partial charge in [-0.1, -0.05) is 6.07 Å². The number of benzene rings is 2. The fourth-order valence-electron chi connectivity index (χ4n) is 3.83. The molecule has 0 bridgehead atoms. The number of aryl methyl sites for hydroxylation is 3. The van der Waals surface area contributed by atoms with Gasteiger partial charge in [-0.15, -0.1) is 16.4 Å². The molecule has 156 valence electrons. The van der Waals surface area contributed by atoms with Crippen molar-refractivity contribution in [2.45, 2.75) is 27.7 Å². The minimum Gasteiger partial charge on any atom is -0.496 e. The second-order valence-electron chi connectivity index (χ2n) is 7.91. The summed E-state index contributed by atoms with van der Waals surface area (Å²) in [5.41, 5.74) is 7.78. The van der Waals surface area contributed by atoms with Crippen molar-refractivity contribution >= 4 is 38.6 Å². The molecule has 0 radical (unpaired) electrons. The van der Waals surface area contributed by atoms with E-state index in [1.807, 2.05) is 22.8 Å². The van der Waals surface area contributed by atoms with Gasteiger partial charge >= 0.3 is 0 Å².